The molecule has 4 heteroatoms. The van der Waals surface area contributed by atoms with Crippen molar-refractivity contribution < 1.29 is 8.78 Å². The first-order valence-electron chi connectivity index (χ1n) is 4.09. The second-order valence-corrected chi connectivity index (χ2v) is 2.85. The molecule has 0 spiro atoms. The average molecular weight is 193 g/mol. The lowest BCUT2D eigenvalue weighted by atomic mass is 10.2. The molecule has 0 aliphatic heterocycles. The Kier molecular flexibility index (Phi) is 2.26. The molecular formula is C10H7F2N2. The van der Waals surface area contributed by atoms with Gasteiger partial charge in [0.15, 0.2) is 11.6 Å². The summed E-state index contributed by atoms with van der Waals surface area (Å²) in [7, 11) is 0. The first kappa shape index (κ1) is 8.87. The van der Waals surface area contributed by atoms with Crippen LogP contribution in [0.15, 0.2) is 30.6 Å². The van der Waals surface area contributed by atoms with Crippen LogP contribution in [-0.4, -0.2) is 9.78 Å². The average Bonchev–Trinajstić information content (AvgIpc) is 2.66. The molecule has 0 N–H and O–H groups in total. The molecule has 0 atom stereocenters. The van der Waals surface area contributed by atoms with E-state index in [2.05, 4.69) is 11.2 Å². The molecule has 0 amide bonds. The van der Waals surface area contributed by atoms with Gasteiger partial charge in [0, 0.05) is 17.8 Å². The van der Waals surface area contributed by atoms with E-state index in [-0.39, 0.29) is 12.1 Å². The van der Waals surface area contributed by atoms with Crippen molar-refractivity contribution in [3.8, 4) is 0 Å². The maximum atomic E-state index is 13.2. The van der Waals surface area contributed by atoms with Crippen molar-refractivity contribution in [2.24, 2.45) is 0 Å². The molecule has 1 aromatic heterocycles. The molecule has 1 aromatic carbocycles. The molecule has 0 fully saturated rings. The molecule has 0 saturated heterocycles. The number of halogens is 2. The summed E-state index contributed by atoms with van der Waals surface area (Å²) < 4.78 is 27.4. The molecule has 0 bridgehead atoms. The van der Waals surface area contributed by atoms with Crippen LogP contribution in [-0.2, 0) is 6.54 Å². The Morgan fingerprint density at radius 1 is 1.36 bits per heavy atom. The summed E-state index contributed by atoms with van der Waals surface area (Å²) in [6, 6.07) is 6.81. The van der Waals surface area contributed by atoms with Gasteiger partial charge in [-0.15, -0.1) is 0 Å². The van der Waals surface area contributed by atoms with Crippen LogP contribution in [0.25, 0.3) is 0 Å². The van der Waals surface area contributed by atoms with E-state index in [1.165, 1.54) is 23.0 Å². The van der Waals surface area contributed by atoms with Crippen molar-refractivity contribution in [2.45, 2.75) is 6.54 Å². The van der Waals surface area contributed by atoms with Crippen LogP contribution in [0.2, 0.25) is 0 Å². The molecule has 0 aliphatic carbocycles. The van der Waals surface area contributed by atoms with Crippen LogP contribution >= 0.6 is 0 Å². The van der Waals surface area contributed by atoms with Crippen molar-refractivity contribution >= 4 is 0 Å². The Bertz CT molecular complexity index is 424. The van der Waals surface area contributed by atoms with Crippen molar-refractivity contribution in [1.29, 1.82) is 0 Å². The fourth-order valence-electron chi connectivity index (χ4n) is 1.19. The Labute approximate surface area is 79.8 Å². The molecule has 1 heterocycles. The van der Waals surface area contributed by atoms with Gasteiger partial charge < -0.3 is 0 Å². The van der Waals surface area contributed by atoms with Crippen LogP contribution < -0.4 is 0 Å². The summed E-state index contributed by atoms with van der Waals surface area (Å²) in [4.78, 5) is 0. The van der Waals surface area contributed by atoms with E-state index in [1.807, 2.05) is 0 Å². The van der Waals surface area contributed by atoms with Gasteiger partial charge in [0.25, 0.3) is 0 Å². The lowest BCUT2D eigenvalue weighted by molar-refractivity contribution is 0.492. The predicted molar refractivity (Wildman–Crippen MR) is 46.5 cm³/mol. The number of rotatable bonds is 2. The zero-order chi connectivity index (χ0) is 9.97. The predicted octanol–water partition coefficient (Wildman–Crippen LogP) is 2.01. The number of hydrogen-bond acceptors (Lipinski definition) is 1. The first-order valence-corrected chi connectivity index (χ1v) is 4.09. The number of hydrogen-bond donors (Lipinski definition) is 0. The van der Waals surface area contributed by atoms with E-state index >= 15 is 0 Å². The fraction of sp³-hybridized carbons (Fsp3) is 0.100. The van der Waals surface area contributed by atoms with E-state index < -0.39 is 11.6 Å². The summed E-state index contributed by atoms with van der Waals surface area (Å²) in [5.41, 5.74) is 0.280. The minimum Gasteiger partial charge on any atom is -0.268 e. The lowest BCUT2D eigenvalue weighted by Gasteiger charge is -2.03. The van der Waals surface area contributed by atoms with Gasteiger partial charge in [-0.25, -0.2) is 8.78 Å². The first-order chi connectivity index (χ1) is 6.77. The normalized spacial score (nSPS) is 10.4. The van der Waals surface area contributed by atoms with Crippen LogP contribution in [0.5, 0.6) is 0 Å². The zero-order valence-electron chi connectivity index (χ0n) is 7.24. The molecule has 0 saturated carbocycles. The van der Waals surface area contributed by atoms with E-state index in [4.69, 9.17) is 0 Å². The molecular weight excluding hydrogens is 186 g/mol. The molecule has 14 heavy (non-hydrogen) atoms. The minimum absolute atomic E-state index is 0.215. The van der Waals surface area contributed by atoms with Gasteiger partial charge in [-0.1, -0.05) is 12.1 Å². The largest absolute Gasteiger partial charge is 0.268 e. The van der Waals surface area contributed by atoms with E-state index in [0.717, 1.165) is 6.07 Å². The molecule has 0 unspecified atom stereocenters. The minimum atomic E-state index is -0.835. The zero-order valence-corrected chi connectivity index (χ0v) is 7.24. The van der Waals surface area contributed by atoms with Gasteiger partial charge in [0.05, 0.1) is 12.7 Å². The summed E-state index contributed by atoms with van der Waals surface area (Å²) in [6.07, 6.45) is 3.04. The third-order valence-corrected chi connectivity index (χ3v) is 1.87. The number of benzene rings is 1. The Morgan fingerprint density at radius 3 is 2.93 bits per heavy atom. The van der Waals surface area contributed by atoms with Gasteiger partial charge in [0.1, 0.15) is 0 Å². The molecule has 2 nitrogen and oxygen atoms in total. The summed E-state index contributed by atoms with van der Waals surface area (Å²) in [6.45, 7) is 0.215. The highest BCUT2D eigenvalue weighted by atomic mass is 19.2. The second kappa shape index (κ2) is 3.57. The molecule has 2 rings (SSSR count). The summed E-state index contributed by atoms with van der Waals surface area (Å²) in [5.74, 6) is -1.65. The van der Waals surface area contributed by atoms with E-state index in [1.54, 1.807) is 6.20 Å². The summed E-state index contributed by atoms with van der Waals surface area (Å²) in [5, 5.41) is 3.85. The Balaban J connectivity index is 2.29. The highest BCUT2D eigenvalue weighted by Crippen LogP contribution is 2.11. The maximum absolute atomic E-state index is 13.2. The third-order valence-electron chi connectivity index (χ3n) is 1.87. The SMILES string of the molecule is Fc1cccc(Cn2c[c]cn2)c1F. The molecule has 0 aliphatic rings. The van der Waals surface area contributed by atoms with Gasteiger partial charge in [-0.05, 0) is 6.07 Å². The second-order valence-electron chi connectivity index (χ2n) is 2.85. The van der Waals surface area contributed by atoms with Crippen LogP contribution in [0.1, 0.15) is 5.56 Å². The van der Waals surface area contributed by atoms with Crippen molar-refractivity contribution in [3.05, 3.63) is 53.9 Å². The quantitative estimate of drug-likeness (QED) is 0.713. The lowest BCUT2D eigenvalue weighted by Crippen LogP contribution is -2.03. The maximum Gasteiger partial charge on any atom is 0.163 e. The topological polar surface area (TPSA) is 17.8 Å². The van der Waals surface area contributed by atoms with Gasteiger partial charge in [0.2, 0.25) is 0 Å². The van der Waals surface area contributed by atoms with Crippen molar-refractivity contribution in [2.75, 3.05) is 0 Å². The molecule has 2 aromatic rings. The Hall–Kier alpha value is -1.71. The van der Waals surface area contributed by atoms with Crippen LogP contribution in [0, 0.1) is 17.7 Å². The Morgan fingerprint density at radius 2 is 2.21 bits per heavy atom. The third kappa shape index (κ3) is 1.64. The van der Waals surface area contributed by atoms with Gasteiger partial charge >= 0.3 is 0 Å². The number of nitrogens with zero attached hydrogens (tertiary/aromatic N) is 2. The van der Waals surface area contributed by atoms with Crippen molar-refractivity contribution in [3.63, 3.8) is 0 Å². The standard InChI is InChI=1S/C10H7F2N2/c11-9-4-1-3-8(10(9)12)7-14-6-2-5-13-14/h1,3-6H,7H2. The van der Waals surface area contributed by atoms with Crippen LogP contribution in [0.3, 0.4) is 0 Å². The van der Waals surface area contributed by atoms with Gasteiger partial charge in [-0.3, -0.25) is 4.68 Å². The van der Waals surface area contributed by atoms with Crippen LogP contribution in [0.4, 0.5) is 8.78 Å². The fourth-order valence-corrected chi connectivity index (χ4v) is 1.19. The smallest absolute Gasteiger partial charge is 0.163 e. The highest BCUT2D eigenvalue weighted by Gasteiger charge is 2.07. The highest BCUT2D eigenvalue weighted by molar-refractivity contribution is 5.19. The molecule has 1 radical (unpaired) electrons. The van der Waals surface area contributed by atoms with E-state index in [0.29, 0.717) is 0 Å². The summed E-state index contributed by atoms with van der Waals surface area (Å²) >= 11 is 0. The van der Waals surface area contributed by atoms with Gasteiger partial charge in [-0.2, -0.15) is 5.10 Å². The molecule has 71 valence electrons. The van der Waals surface area contributed by atoms with E-state index in [9.17, 15) is 8.78 Å². The number of aromatic nitrogens is 2. The van der Waals surface area contributed by atoms with Crippen molar-refractivity contribution in [1.82, 2.24) is 9.78 Å². The monoisotopic (exact) mass is 193 g/mol.